The predicted molar refractivity (Wildman–Crippen MR) is 67.0 cm³/mol. The van der Waals surface area contributed by atoms with Crippen LogP contribution >= 0.6 is 0 Å². The van der Waals surface area contributed by atoms with Gasteiger partial charge in [0.15, 0.2) is 0 Å². The summed E-state index contributed by atoms with van der Waals surface area (Å²) in [5.41, 5.74) is 0.206. The standard InChI is InChI=1S/C12H18FN3O2/c1-3-14-11-10(7-9(13)8-15-11)12(18)16(2)5-4-6-17/h7-8,17H,3-6H2,1-2H3,(H,14,15). The summed E-state index contributed by atoms with van der Waals surface area (Å²) in [5, 5.41) is 11.6. The second kappa shape index (κ2) is 6.90. The number of nitrogens with one attached hydrogen (secondary N) is 1. The summed E-state index contributed by atoms with van der Waals surface area (Å²) in [7, 11) is 1.61. The number of carbonyl (C=O) groups excluding carboxylic acids is 1. The van der Waals surface area contributed by atoms with Crippen LogP contribution in [0.1, 0.15) is 23.7 Å². The van der Waals surface area contributed by atoms with Gasteiger partial charge < -0.3 is 15.3 Å². The smallest absolute Gasteiger partial charge is 0.257 e. The first kappa shape index (κ1) is 14.4. The molecule has 0 aliphatic heterocycles. The van der Waals surface area contributed by atoms with Crippen molar-refractivity contribution < 1.29 is 14.3 Å². The Balaban J connectivity index is 2.91. The Kier molecular flexibility index (Phi) is 5.51. The molecule has 1 rings (SSSR count). The molecule has 1 amide bonds. The molecule has 1 heterocycles. The van der Waals surface area contributed by atoms with Crippen molar-refractivity contribution >= 4 is 11.7 Å². The molecule has 0 aliphatic rings. The van der Waals surface area contributed by atoms with E-state index in [0.717, 1.165) is 6.20 Å². The average Bonchev–Trinajstić information content (AvgIpc) is 2.37. The van der Waals surface area contributed by atoms with Crippen molar-refractivity contribution in [3.63, 3.8) is 0 Å². The minimum atomic E-state index is -0.546. The third-order valence-corrected chi connectivity index (χ3v) is 2.43. The van der Waals surface area contributed by atoms with Crippen molar-refractivity contribution in [1.82, 2.24) is 9.88 Å². The van der Waals surface area contributed by atoms with Crippen molar-refractivity contribution in [3.05, 3.63) is 23.6 Å². The number of halogens is 1. The maximum Gasteiger partial charge on any atom is 0.257 e. The summed E-state index contributed by atoms with van der Waals surface area (Å²) in [5.74, 6) is -0.485. The third-order valence-electron chi connectivity index (χ3n) is 2.43. The number of nitrogens with zero attached hydrogens (tertiary/aromatic N) is 2. The molecular formula is C12H18FN3O2. The zero-order chi connectivity index (χ0) is 13.5. The lowest BCUT2D eigenvalue weighted by atomic mass is 10.2. The Morgan fingerprint density at radius 1 is 1.61 bits per heavy atom. The maximum absolute atomic E-state index is 13.2. The highest BCUT2D eigenvalue weighted by Gasteiger charge is 2.17. The SMILES string of the molecule is CCNc1ncc(F)cc1C(=O)N(C)CCCO. The molecule has 0 aliphatic carbocycles. The van der Waals surface area contributed by atoms with Gasteiger partial charge in [-0.1, -0.05) is 0 Å². The maximum atomic E-state index is 13.2. The topological polar surface area (TPSA) is 65.5 Å². The lowest BCUT2D eigenvalue weighted by molar-refractivity contribution is 0.0786. The molecule has 0 radical (unpaired) electrons. The molecule has 0 atom stereocenters. The molecule has 6 heteroatoms. The van der Waals surface area contributed by atoms with Gasteiger partial charge in [-0.3, -0.25) is 4.79 Å². The van der Waals surface area contributed by atoms with Crippen LogP contribution in [0.4, 0.5) is 10.2 Å². The Labute approximate surface area is 106 Å². The normalized spacial score (nSPS) is 10.2. The van der Waals surface area contributed by atoms with Gasteiger partial charge in [0, 0.05) is 26.7 Å². The van der Waals surface area contributed by atoms with E-state index in [0.29, 0.717) is 25.3 Å². The van der Waals surface area contributed by atoms with Gasteiger partial charge in [-0.25, -0.2) is 9.37 Å². The lowest BCUT2D eigenvalue weighted by Gasteiger charge is -2.18. The molecule has 0 saturated heterocycles. The van der Waals surface area contributed by atoms with Gasteiger partial charge in [0.2, 0.25) is 0 Å². The van der Waals surface area contributed by atoms with E-state index in [1.54, 1.807) is 7.05 Å². The summed E-state index contributed by atoms with van der Waals surface area (Å²) >= 11 is 0. The highest BCUT2D eigenvalue weighted by atomic mass is 19.1. The van der Waals surface area contributed by atoms with Gasteiger partial charge in [-0.2, -0.15) is 0 Å². The Bertz CT molecular complexity index is 412. The second-order valence-corrected chi connectivity index (χ2v) is 3.88. The molecule has 1 aromatic rings. The number of hydrogen-bond donors (Lipinski definition) is 2. The molecule has 100 valence electrons. The van der Waals surface area contributed by atoms with Crippen LogP contribution in [0.3, 0.4) is 0 Å². The quantitative estimate of drug-likeness (QED) is 0.799. The van der Waals surface area contributed by atoms with Crippen LogP contribution in [0, 0.1) is 5.82 Å². The van der Waals surface area contributed by atoms with Crippen LogP contribution in [0.15, 0.2) is 12.3 Å². The van der Waals surface area contributed by atoms with Crippen LogP contribution in [-0.4, -0.2) is 47.6 Å². The van der Waals surface area contributed by atoms with Crippen LogP contribution in [0.5, 0.6) is 0 Å². The number of hydrogen-bond acceptors (Lipinski definition) is 4. The van der Waals surface area contributed by atoms with E-state index in [4.69, 9.17) is 5.11 Å². The fraction of sp³-hybridized carbons (Fsp3) is 0.500. The largest absolute Gasteiger partial charge is 0.396 e. The number of pyridine rings is 1. The number of anilines is 1. The molecule has 0 spiro atoms. The van der Waals surface area contributed by atoms with Gasteiger partial charge in [0.25, 0.3) is 5.91 Å². The molecule has 0 fully saturated rings. The lowest BCUT2D eigenvalue weighted by Crippen LogP contribution is -2.29. The van der Waals surface area contributed by atoms with E-state index in [1.165, 1.54) is 11.0 Å². The van der Waals surface area contributed by atoms with Gasteiger partial charge in [0.05, 0.1) is 11.8 Å². The minimum absolute atomic E-state index is 0.0130. The fourth-order valence-corrected chi connectivity index (χ4v) is 1.53. The zero-order valence-electron chi connectivity index (χ0n) is 10.6. The van der Waals surface area contributed by atoms with E-state index >= 15 is 0 Å². The average molecular weight is 255 g/mol. The van der Waals surface area contributed by atoms with Crippen molar-refractivity contribution in [1.29, 1.82) is 0 Å². The number of rotatable bonds is 6. The first-order valence-electron chi connectivity index (χ1n) is 5.85. The minimum Gasteiger partial charge on any atom is -0.396 e. The summed E-state index contributed by atoms with van der Waals surface area (Å²) in [6.07, 6.45) is 1.56. The van der Waals surface area contributed by atoms with Crippen LogP contribution in [-0.2, 0) is 0 Å². The highest BCUT2D eigenvalue weighted by Crippen LogP contribution is 2.15. The Morgan fingerprint density at radius 2 is 2.33 bits per heavy atom. The monoisotopic (exact) mass is 255 g/mol. The van der Waals surface area contributed by atoms with E-state index in [9.17, 15) is 9.18 Å². The zero-order valence-corrected chi connectivity index (χ0v) is 10.6. The van der Waals surface area contributed by atoms with Crippen LogP contribution in [0.25, 0.3) is 0 Å². The van der Waals surface area contributed by atoms with E-state index in [-0.39, 0.29) is 18.1 Å². The molecular weight excluding hydrogens is 237 g/mol. The van der Waals surface area contributed by atoms with Gasteiger partial charge in [-0.05, 0) is 19.4 Å². The van der Waals surface area contributed by atoms with E-state index < -0.39 is 5.82 Å². The molecule has 0 bridgehead atoms. The van der Waals surface area contributed by atoms with Gasteiger partial charge in [-0.15, -0.1) is 0 Å². The van der Waals surface area contributed by atoms with E-state index in [1.807, 2.05) is 6.92 Å². The van der Waals surface area contributed by atoms with Crippen molar-refractivity contribution in [3.8, 4) is 0 Å². The van der Waals surface area contributed by atoms with Crippen LogP contribution in [0.2, 0.25) is 0 Å². The summed E-state index contributed by atoms with van der Waals surface area (Å²) < 4.78 is 13.2. The molecule has 0 unspecified atom stereocenters. The Morgan fingerprint density at radius 3 is 2.94 bits per heavy atom. The van der Waals surface area contributed by atoms with Gasteiger partial charge >= 0.3 is 0 Å². The summed E-state index contributed by atoms with van der Waals surface area (Å²) in [4.78, 5) is 17.4. The highest BCUT2D eigenvalue weighted by molar-refractivity contribution is 5.98. The second-order valence-electron chi connectivity index (χ2n) is 3.88. The van der Waals surface area contributed by atoms with Crippen molar-refractivity contribution in [2.24, 2.45) is 0 Å². The molecule has 2 N–H and O–H groups in total. The molecule has 18 heavy (non-hydrogen) atoms. The number of aliphatic hydroxyl groups excluding tert-OH is 1. The molecule has 0 aromatic carbocycles. The molecule has 0 saturated carbocycles. The first-order chi connectivity index (χ1) is 8.60. The number of carbonyl (C=O) groups is 1. The molecule has 5 nitrogen and oxygen atoms in total. The number of amides is 1. The number of aliphatic hydroxyl groups is 1. The summed E-state index contributed by atoms with van der Waals surface area (Å²) in [6.45, 7) is 2.89. The number of aromatic nitrogens is 1. The van der Waals surface area contributed by atoms with Crippen LogP contribution < -0.4 is 5.32 Å². The molecule has 1 aromatic heterocycles. The summed E-state index contributed by atoms with van der Waals surface area (Å²) in [6, 6.07) is 1.17. The Hall–Kier alpha value is -1.69. The van der Waals surface area contributed by atoms with Crippen molar-refractivity contribution in [2.45, 2.75) is 13.3 Å². The van der Waals surface area contributed by atoms with E-state index in [2.05, 4.69) is 10.3 Å². The van der Waals surface area contributed by atoms with Gasteiger partial charge in [0.1, 0.15) is 11.6 Å². The van der Waals surface area contributed by atoms with Crippen molar-refractivity contribution in [2.75, 3.05) is 32.1 Å². The first-order valence-corrected chi connectivity index (χ1v) is 5.85. The fourth-order valence-electron chi connectivity index (χ4n) is 1.53. The third kappa shape index (κ3) is 3.66. The predicted octanol–water partition coefficient (Wildman–Crippen LogP) is 1.11.